The van der Waals surface area contributed by atoms with Crippen LogP contribution in [0.2, 0.25) is 0 Å². The summed E-state index contributed by atoms with van der Waals surface area (Å²) in [5.74, 6) is 0. The molecule has 43 heavy (non-hydrogen) atoms. The third-order valence-electron chi connectivity index (χ3n) is 8.28. The largest absolute Gasteiger partial charge is 0.454 e. The number of anilines is 3. The molecule has 0 saturated heterocycles. The van der Waals surface area contributed by atoms with Crippen LogP contribution >= 0.6 is 0 Å². The van der Waals surface area contributed by atoms with Gasteiger partial charge in [0, 0.05) is 27.9 Å². The Morgan fingerprint density at radius 2 is 1.19 bits per heavy atom. The van der Waals surface area contributed by atoms with Crippen LogP contribution in [0.4, 0.5) is 17.1 Å². The number of aromatic nitrogens is 1. The maximum Gasteiger partial charge on any atom is 0.159 e. The second kappa shape index (κ2) is 9.33. The molecule has 0 spiro atoms. The summed E-state index contributed by atoms with van der Waals surface area (Å²) in [5.41, 5.74) is 9.26. The highest BCUT2D eigenvalue weighted by Crippen LogP contribution is 2.43. The molecule has 0 radical (unpaired) electrons. The molecule has 4 heteroatoms. The van der Waals surface area contributed by atoms with Crippen molar-refractivity contribution in [2.75, 3.05) is 4.90 Å². The zero-order valence-electron chi connectivity index (χ0n) is 23.1. The van der Waals surface area contributed by atoms with E-state index in [9.17, 15) is 0 Å². The number of furan rings is 2. The van der Waals surface area contributed by atoms with E-state index >= 15 is 0 Å². The number of nitrogens with zero attached hydrogens (tertiary/aromatic N) is 2. The van der Waals surface area contributed by atoms with E-state index in [1.807, 2.05) is 36.5 Å². The second-order valence-corrected chi connectivity index (χ2v) is 10.8. The number of fused-ring (bicyclic) bond motifs is 7. The van der Waals surface area contributed by atoms with Crippen molar-refractivity contribution in [3.05, 3.63) is 146 Å². The highest BCUT2D eigenvalue weighted by Gasteiger charge is 2.21. The van der Waals surface area contributed by atoms with Crippen LogP contribution in [0.3, 0.4) is 0 Å². The van der Waals surface area contributed by atoms with Crippen LogP contribution in [0.25, 0.3) is 65.9 Å². The van der Waals surface area contributed by atoms with Gasteiger partial charge in [-0.3, -0.25) is 0 Å². The molecule has 9 aromatic rings. The average molecular weight is 553 g/mol. The minimum Gasteiger partial charge on any atom is -0.454 e. The Kier molecular flexibility index (Phi) is 5.16. The van der Waals surface area contributed by atoms with E-state index in [4.69, 9.17) is 13.8 Å². The van der Waals surface area contributed by atoms with Crippen molar-refractivity contribution >= 4 is 71.8 Å². The standard InChI is InChI=1S/C39H24N2O2/c1-2-9-25(10-3-1)26-17-19-29(20-18-26)41(34-15-8-14-32-31-13-6-7-16-35(31)43-39(32)34)30-23-37-38(40-24-30)33-21-27-11-4-5-12-28(27)22-36(33)42-37/h1-24H. The summed E-state index contributed by atoms with van der Waals surface area (Å²) in [6.45, 7) is 0. The van der Waals surface area contributed by atoms with Crippen molar-refractivity contribution in [2.24, 2.45) is 0 Å². The fraction of sp³-hybridized carbons (Fsp3) is 0. The topological polar surface area (TPSA) is 42.4 Å². The zero-order valence-corrected chi connectivity index (χ0v) is 23.1. The summed E-state index contributed by atoms with van der Waals surface area (Å²) < 4.78 is 12.9. The summed E-state index contributed by atoms with van der Waals surface area (Å²) in [4.78, 5) is 7.17. The minimum absolute atomic E-state index is 0.741. The molecule has 0 unspecified atom stereocenters. The molecule has 0 fully saturated rings. The van der Waals surface area contributed by atoms with Crippen LogP contribution in [0.5, 0.6) is 0 Å². The molecule has 6 aromatic carbocycles. The summed E-state index contributed by atoms with van der Waals surface area (Å²) in [7, 11) is 0. The number of rotatable bonds is 4. The Labute approximate surface area is 247 Å². The first-order valence-electron chi connectivity index (χ1n) is 14.4. The number of para-hydroxylation sites is 2. The normalized spacial score (nSPS) is 11.7. The van der Waals surface area contributed by atoms with Crippen LogP contribution in [0.15, 0.2) is 155 Å². The second-order valence-electron chi connectivity index (χ2n) is 10.8. The lowest BCUT2D eigenvalue weighted by Crippen LogP contribution is -2.10. The molecular formula is C39H24N2O2. The number of pyridine rings is 1. The third-order valence-corrected chi connectivity index (χ3v) is 8.28. The predicted molar refractivity (Wildman–Crippen MR) is 176 cm³/mol. The number of benzene rings is 6. The molecule has 3 aromatic heterocycles. The summed E-state index contributed by atoms with van der Waals surface area (Å²) in [5, 5.41) is 5.49. The van der Waals surface area contributed by atoms with Gasteiger partial charge in [0.25, 0.3) is 0 Å². The molecule has 0 aliphatic carbocycles. The highest BCUT2D eigenvalue weighted by atomic mass is 16.3. The minimum atomic E-state index is 0.741. The van der Waals surface area contributed by atoms with Crippen molar-refractivity contribution in [3.63, 3.8) is 0 Å². The van der Waals surface area contributed by atoms with Gasteiger partial charge in [0.2, 0.25) is 0 Å². The van der Waals surface area contributed by atoms with E-state index in [2.05, 4.69) is 114 Å². The lowest BCUT2D eigenvalue weighted by molar-refractivity contribution is 0.667. The van der Waals surface area contributed by atoms with Crippen molar-refractivity contribution in [1.29, 1.82) is 0 Å². The SMILES string of the molecule is c1ccc(-c2ccc(N(c3cnc4c(c3)oc3cc5ccccc5cc34)c3cccc4c3oc3ccccc34)cc2)cc1. The Morgan fingerprint density at radius 1 is 0.465 bits per heavy atom. The molecule has 0 amide bonds. The molecule has 0 aliphatic rings. The zero-order chi connectivity index (χ0) is 28.3. The van der Waals surface area contributed by atoms with Gasteiger partial charge < -0.3 is 13.7 Å². The Balaban J connectivity index is 1.26. The van der Waals surface area contributed by atoms with Crippen molar-refractivity contribution in [3.8, 4) is 11.1 Å². The van der Waals surface area contributed by atoms with E-state index in [-0.39, 0.29) is 0 Å². The summed E-state index contributed by atoms with van der Waals surface area (Å²) >= 11 is 0. The maximum absolute atomic E-state index is 6.49. The van der Waals surface area contributed by atoms with Gasteiger partial charge in [0.05, 0.1) is 17.6 Å². The molecule has 4 nitrogen and oxygen atoms in total. The van der Waals surface area contributed by atoms with Crippen molar-refractivity contribution in [1.82, 2.24) is 4.98 Å². The summed E-state index contributed by atoms with van der Waals surface area (Å²) in [6, 6.07) is 48.2. The molecule has 0 atom stereocenters. The van der Waals surface area contributed by atoms with Gasteiger partial charge in [0.15, 0.2) is 11.2 Å². The molecular weight excluding hydrogens is 528 g/mol. The van der Waals surface area contributed by atoms with Gasteiger partial charge in [-0.1, -0.05) is 97.1 Å². The average Bonchev–Trinajstić information content (AvgIpc) is 3.62. The van der Waals surface area contributed by atoms with Gasteiger partial charge in [-0.2, -0.15) is 0 Å². The Morgan fingerprint density at radius 3 is 2.05 bits per heavy atom. The number of hydrogen-bond acceptors (Lipinski definition) is 4. The third kappa shape index (κ3) is 3.81. The first-order chi connectivity index (χ1) is 21.3. The molecule has 0 N–H and O–H groups in total. The highest BCUT2D eigenvalue weighted by molar-refractivity contribution is 6.11. The van der Waals surface area contributed by atoms with Crippen LogP contribution < -0.4 is 4.90 Å². The summed E-state index contributed by atoms with van der Waals surface area (Å²) in [6.07, 6.45) is 1.93. The maximum atomic E-state index is 6.49. The van der Waals surface area contributed by atoms with Crippen LogP contribution in [-0.2, 0) is 0 Å². The van der Waals surface area contributed by atoms with Crippen LogP contribution in [0, 0.1) is 0 Å². The van der Waals surface area contributed by atoms with Gasteiger partial charge >= 0.3 is 0 Å². The first kappa shape index (κ1) is 23.8. The van der Waals surface area contributed by atoms with Gasteiger partial charge in [-0.05, 0) is 58.3 Å². The van der Waals surface area contributed by atoms with E-state index in [0.717, 1.165) is 72.0 Å². The molecule has 0 aliphatic heterocycles. The fourth-order valence-corrected chi connectivity index (χ4v) is 6.21. The molecule has 3 heterocycles. The van der Waals surface area contributed by atoms with Crippen LogP contribution in [0.1, 0.15) is 0 Å². The van der Waals surface area contributed by atoms with Gasteiger partial charge in [-0.25, -0.2) is 4.98 Å². The smallest absolute Gasteiger partial charge is 0.159 e. The Hall–Kier alpha value is -5.87. The monoisotopic (exact) mass is 552 g/mol. The van der Waals surface area contributed by atoms with Crippen molar-refractivity contribution < 1.29 is 8.83 Å². The first-order valence-corrected chi connectivity index (χ1v) is 14.4. The van der Waals surface area contributed by atoms with E-state index in [1.54, 1.807) is 0 Å². The van der Waals surface area contributed by atoms with E-state index in [0.29, 0.717) is 0 Å². The molecule has 0 bridgehead atoms. The van der Waals surface area contributed by atoms with E-state index in [1.165, 1.54) is 10.9 Å². The van der Waals surface area contributed by atoms with Gasteiger partial charge in [0.1, 0.15) is 16.7 Å². The van der Waals surface area contributed by atoms with Gasteiger partial charge in [-0.15, -0.1) is 0 Å². The molecule has 202 valence electrons. The van der Waals surface area contributed by atoms with E-state index < -0.39 is 0 Å². The Bertz CT molecular complexity index is 2450. The lowest BCUT2D eigenvalue weighted by Gasteiger charge is -2.25. The quantitative estimate of drug-likeness (QED) is 0.218. The number of hydrogen-bond donors (Lipinski definition) is 0. The molecule has 9 rings (SSSR count). The lowest BCUT2D eigenvalue weighted by atomic mass is 10.0. The fourth-order valence-electron chi connectivity index (χ4n) is 6.21. The predicted octanol–water partition coefficient (Wildman–Crippen LogP) is 11.2. The van der Waals surface area contributed by atoms with Crippen molar-refractivity contribution in [2.45, 2.75) is 0 Å². The molecule has 0 saturated carbocycles. The van der Waals surface area contributed by atoms with Crippen LogP contribution in [-0.4, -0.2) is 4.98 Å².